The number of anilines is 1. The van der Waals surface area contributed by atoms with Gasteiger partial charge in [0, 0.05) is 16.6 Å². The van der Waals surface area contributed by atoms with Gasteiger partial charge in [-0.1, -0.05) is 38.1 Å². The van der Waals surface area contributed by atoms with Crippen LogP contribution in [0.2, 0.25) is 0 Å². The molecule has 31 heavy (non-hydrogen) atoms. The maximum absolute atomic E-state index is 12.9. The molecule has 2 aromatic heterocycles. The van der Waals surface area contributed by atoms with Gasteiger partial charge < -0.3 is 10.1 Å². The number of methoxy groups -OCH3 is 1. The molecule has 0 saturated heterocycles. The number of benzene rings is 2. The van der Waals surface area contributed by atoms with Gasteiger partial charge in [-0.2, -0.15) is 0 Å². The summed E-state index contributed by atoms with van der Waals surface area (Å²) in [4.78, 5) is 29.9. The number of hydrogen-bond donors (Lipinski definition) is 1. The van der Waals surface area contributed by atoms with Crippen molar-refractivity contribution < 1.29 is 9.53 Å². The second kappa shape index (κ2) is 8.73. The summed E-state index contributed by atoms with van der Waals surface area (Å²) in [5.74, 6) is 0.922. The van der Waals surface area contributed by atoms with Crippen molar-refractivity contribution in [1.29, 1.82) is 0 Å². The van der Waals surface area contributed by atoms with E-state index in [1.54, 1.807) is 7.11 Å². The Hall–Kier alpha value is -3.45. The lowest BCUT2D eigenvalue weighted by molar-refractivity contribution is -0.116. The fourth-order valence-corrected chi connectivity index (χ4v) is 4.31. The number of nitrogens with zero attached hydrogens (tertiary/aromatic N) is 2. The molecule has 1 amide bonds. The minimum absolute atomic E-state index is 0.0938. The number of fused-ring (bicyclic) bond motifs is 1. The summed E-state index contributed by atoms with van der Waals surface area (Å²) in [6, 6.07) is 15.3. The molecule has 2 aromatic carbocycles. The van der Waals surface area contributed by atoms with Crippen LogP contribution in [0.25, 0.3) is 21.3 Å². The summed E-state index contributed by atoms with van der Waals surface area (Å²) < 4.78 is 7.07. The average molecular weight is 434 g/mol. The zero-order chi connectivity index (χ0) is 22.0. The molecule has 2 heterocycles. The smallest absolute Gasteiger partial charge is 0.271 e. The van der Waals surface area contributed by atoms with Crippen LogP contribution in [0.1, 0.15) is 25.3 Å². The molecule has 0 saturated carbocycles. The minimum Gasteiger partial charge on any atom is -0.497 e. The van der Waals surface area contributed by atoms with E-state index in [0.717, 1.165) is 16.9 Å². The molecule has 7 heteroatoms. The number of hydrogen-bond acceptors (Lipinski definition) is 5. The van der Waals surface area contributed by atoms with Gasteiger partial charge in [-0.3, -0.25) is 14.2 Å². The van der Waals surface area contributed by atoms with Gasteiger partial charge in [-0.25, -0.2) is 4.98 Å². The van der Waals surface area contributed by atoms with E-state index in [9.17, 15) is 9.59 Å². The number of amides is 1. The second-order valence-electron chi connectivity index (χ2n) is 7.56. The SMILES string of the molecule is COc1ccc(-c2csc3c(=O)n(CC(=O)Nc4ccc(C(C)C)cc4)cnc23)cc1. The first-order chi connectivity index (χ1) is 15.0. The predicted octanol–water partition coefficient (Wildman–Crippen LogP) is 4.90. The van der Waals surface area contributed by atoms with Gasteiger partial charge in [0.1, 0.15) is 17.0 Å². The molecule has 0 fully saturated rings. The number of thiophene rings is 1. The summed E-state index contributed by atoms with van der Waals surface area (Å²) >= 11 is 1.34. The van der Waals surface area contributed by atoms with Crippen molar-refractivity contribution in [3.63, 3.8) is 0 Å². The van der Waals surface area contributed by atoms with Gasteiger partial charge in [-0.05, 0) is 41.3 Å². The Morgan fingerprint density at radius 1 is 1.13 bits per heavy atom. The molecule has 0 bridgehead atoms. The number of rotatable bonds is 6. The molecule has 0 radical (unpaired) electrons. The van der Waals surface area contributed by atoms with Crippen LogP contribution in [0.15, 0.2) is 65.0 Å². The zero-order valence-corrected chi connectivity index (χ0v) is 18.4. The molecule has 0 atom stereocenters. The normalized spacial score (nSPS) is 11.1. The topological polar surface area (TPSA) is 73.2 Å². The van der Waals surface area contributed by atoms with Crippen LogP contribution in [0.5, 0.6) is 5.75 Å². The lowest BCUT2D eigenvalue weighted by atomic mass is 10.0. The lowest BCUT2D eigenvalue weighted by Crippen LogP contribution is -2.27. The number of ether oxygens (including phenoxy) is 1. The molecular weight excluding hydrogens is 410 g/mol. The standard InChI is InChI=1S/C24H23N3O3S/c1-15(2)16-4-8-18(9-5-16)26-21(28)12-27-14-25-22-20(13-31-23(22)24(27)29)17-6-10-19(30-3)11-7-17/h4-11,13-15H,12H2,1-3H3,(H,26,28). The Balaban J connectivity index is 1.54. The fourth-order valence-electron chi connectivity index (χ4n) is 3.34. The predicted molar refractivity (Wildman–Crippen MR) is 125 cm³/mol. The first-order valence-corrected chi connectivity index (χ1v) is 10.8. The molecule has 158 valence electrons. The summed E-state index contributed by atoms with van der Waals surface area (Å²) in [7, 11) is 1.62. The molecule has 0 spiro atoms. The fraction of sp³-hybridized carbons (Fsp3) is 0.208. The van der Waals surface area contributed by atoms with Crippen molar-refractivity contribution in [3.05, 3.63) is 76.2 Å². The van der Waals surface area contributed by atoms with Gasteiger partial charge in [0.25, 0.3) is 5.56 Å². The molecule has 0 aliphatic rings. The highest BCUT2D eigenvalue weighted by Crippen LogP contribution is 2.31. The van der Waals surface area contributed by atoms with Crippen molar-refractivity contribution in [2.45, 2.75) is 26.3 Å². The molecule has 1 N–H and O–H groups in total. The molecular formula is C24H23N3O3S. The van der Waals surface area contributed by atoms with Crippen LogP contribution in [0.3, 0.4) is 0 Å². The van der Waals surface area contributed by atoms with Crippen molar-refractivity contribution in [2.75, 3.05) is 12.4 Å². The number of nitrogens with one attached hydrogen (secondary N) is 1. The van der Waals surface area contributed by atoms with Gasteiger partial charge in [0.2, 0.25) is 5.91 Å². The summed E-state index contributed by atoms with van der Waals surface area (Å²) in [6.45, 7) is 4.14. The van der Waals surface area contributed by atoms with Crippen molar-refractivity contribution >= 4 is 33.1 Å². The first kappa shape index (κ1) is 20.8. The van der Waals surface area contributed by atoms with E-state index in [1.165, 1.54) is 27.8 Å². The Labute approximate surface area is 184 Å². The van der Waals surface area contributed by atoms with Crippen molar-refractivity contribution in [3.8, 4) is 16.9 Å². The highest BCUT2D eigenvalue weighted by atomic mass is 32.1. The third-order valence-corrected chi connectivity index (χ3v) is 6.08. The number of aromatic nitrogens is 2. The third-order valence-electron chi connectivity index (χ3n) is 5.12. The first-order valence-electron chi connectivity index (χ1n) is 9.97. The molecule has 4 rings (SSSR count). The van der Waals surface area contributed by atoms with E-state index >= 15 is 0 Å². The van der Waals surface area contributed by atoms with Crippen LogP contribution in [-0.2, 0) is 11.3 Å². The van der Waals surface area contributed by atoms with E-state index < -0.39 is 0 Å². The molecule has 0 aliphatic carbocycles. The van der Waals surface area contributed by atoms with E-state index in [4.69, 9.17) is 4.74 Å². The highest BCUT2D eigenvalue weighted by Gasteiger charge is 2.14. The molecule has 0 aliphatic heterocycles. The molecule has 0 unspecified atom stereocenters. The minimum atomic E-state index is -0.271. The zero-order valence-electron chi connectivity index (χ0n) is 17.6. The van der Waals surface area contributed by atoms with Crippen LogP contribution in [0, 0.1) is 0 Å². The van der Waals surface area contributed by atoms with Gasteiger partial charge in [0.05, 0.1) is 19.0 Å². The van der Waals surface area contributed by atoms with E-state index in [-0.39, 0.29) is 18.0 Å². The maximum atomic E-state index is 12.9. The average Bonchev–Trinajstić information content (AvgIpc) is 3.21. The maximum Gasteiger partial charge on any atom is 0.271 e. The van der Waals surface area contributed by atoms with Crippen LogP contribution < -0.4 is 15.6 Å². The third kappa shape index (κ3) is 4.36. The highest BCUT2D eigenvalue weighted by molar-refractivity contribution is 7.17. The molecule has 6 nitrogen and oxygen atoms in total. The largest absolute Gasteiger partial charge is 0.497 e. The Kier molecular flexibility index (Phi) is 5.86. The summed E-state index contributed by atoms with van der Waals surface area (Å²) in [6.07, 6.45) is 1.44. The number of carbonyl (C=O) groups is 1. The Bertz CT molecular complexity index is 1270. The second-order valence-corrected chi connectivity index (χ2v) is 8.44. The van der Waals surface area contributed by atoms with Crippen molar-refractivity contribution in [1.82, 2.24) is 9.55 Å². The molecule has 4 aromatic rings. The van der Waals surface area contributed by atoms with Crippen LogP contribution in [-0.4, -0.2) is 22.6 Å². The van der Waals surface area contributed by atoms with E-state index in [2.05, 4.69) is 24.1 Å². The van der Waals surface area contributed by atoms with Gasteiger partial charge >= 0.3 is 0 Å². The monoisotopic (exact) mass is 433 g/mol. The Morgan fingerprint density at radius 3 is 2.48 bits per heavy atom. The van der Waals surface area contributed by atoms with Gasteiger partial charge in [-0.15, -0.1) is 11.3 Å². The van der Waals surface area contributed by atoms with Gasteiger partial charge in [0.15, 0.2) is 0 Å². The van der Waals surface area contributed by atoms with E-state index in [0.29, 0.717) is 21.8 Å². The summed E-state index contributed by atoms with van der Waals surface area (Å²) in [5, 5.41) is 4.76. The quantitative estimate of drug-likeness (QED) is 0.470. The van der Waals surface area contributed by atoms with Crippen LogP contribution >= 0.6 is 11.3 Å². The van der Waals surface area contributed by atoms with Crippen LogP contribution in [0.4, 0.5) is 5.69 Å². The Morgan fingerprint density at radius 2 is 1.84 bits per heavy atom. The van der Waals surface area contributed by atoms with E-state index in [1.807, 2.05) is 53.9 Å². The number of carbonyl (C=O) groups excluding carboxylic acids is 1. The van der Waals surface area contributed by atoms with Crippen molar-refractivity contribution in [2.24, 2.45) is 0 Å². The summed E-state index contributed by atoms with van der Waals surface area (Å²) in [5.41, 5.74) is 4.17. The lowest BCUT2D eigenvalue weighted by Gasteiger charge is -2.09.